The molecule has 1 aromatic rings. The van der Waals surface area contributed by atoms with Gasteiger partial charge in [-0.2, -0.15) is 0 Å². The molecule has 0 bridgehead atoms. The summed E-state index contributed by atoms with van der Waals surface area (Å²) in [5, 5.41) is 3.31. The predicted molar refractivity (Wildman–Crippen MR) is 80.1 cm³/mol. The smallest absolute Gasteiger partial charge is 0.256 e. The first kappa shape index (κ1) is 15.8. The quantitative estimate of drug-likeness (QED) is 0.906. The first-order chi connectivity index (χ1) is 10.2. The average Bonchev–Trinajstić information content (AvgIpc) is 2.52. The average molecular weight is 294 g/mol. The van der Waals surface area contributed by atoms with Gasteiger partial charge in [-0.25, -0.2) is 4.39 Å². The van der Waals surface area contributed by atoms with Crippen LogP contribution in [0.15, 0.2) is 18.2 Å². The Balaban J connectivity index is 2.08. The van der Waals surface area contributed by atoms with Gasteiger partial charge in [-0.3, -0.25) is 4.79 Å². The van der Waals surface area contributed by atoms with E-state index in [1.807, 2.05) is 6.92 Å². The molecule has 5 heteroatoms. The van der Waals surface area contributed by atoms with Crippen LogP contribution in [0.3, 0.4) is 0 Å². The number of rotatable bonds is 5. The van der Waals surface area contributed by atoms with E-state index in [-0.39, 0.29) is 11.5 Å². The summed E-state index contributed by atoms with van der Waals surface area (Å²) in [7, 11) is 1.48. The molecule has 0 unspecified atom stereocenters. The van der Waals surface area contributed by atoms with Crippen LogP contribution in [0.5, 0.6) is 5.75 Å². The van der Waals surface area contributed by atoms with E-state index in [9.17, 15) is 9.18 Å². The zero-order chi connectivity index (χ0) is 15.2. The summed E-state index contributed by atoms with van der Waals surface area (Å²) in [6, 6.07) is 4.38. The minimum absolute atomic E-state index is 0.117. The first-order valence-electron chi connectivity index (χ1n) is 7.49. The van der Waals surface area contributed by atoms with Crippen LogP contribution >= 0.6 is 0 Å². The number of ether oxygens (including phenoxy) is 1. The molecule has 0 aliphatic carbocycles. The van der Waals surface area contributed by atoms with Crippen LogP contribution in [0.1, 0.15) is 30.1 Å². The van der Waals surface area contributed by atoms with E-state index >= 15 is 0 Å². The highest BCUT2D eigenvalue weighted by molar-refractivity contribution is 5.94. The zero-order valence-electron chi connectivity index (χ0n) is 12.7. The van der Waals surface area contributed by atoms with E-state index in [0.717, 1.165) is 25.9 Å². The Labute approximate surface area is 125 Å². The van der Waals surface area contributed by atoms with E-state index < -0.39 is 5.82 Å². The van der Waals surface area contributed by atoms with Gasteiger partial charge in [0.25, 0.3) is 5.91 Å². The van der Waals surface area contributed by atoms with Gasteiger partial charge in [0.15, 0.2) is 0 Å². The predicted octanol–water partition coefficient (Wildman–Crippen LogP) is 2.30. The third kappa shape index (κ3) is 3.94. The molecular weight excluding hydrogens is 271 g/mol. The van der Waals surface area contributed by atoms with Crippen molar-refractivity contribution in [2.45, 2.75) is 19.8 Å². The summed E-state index contributed by atoms with van der Waals surface area (Å²) in [6.07, 6.45) is 2.13. The first-order valence-corrected chi connectivity index (χ1v) is 7.49. The van der Waals surface area contributed by atoms with Crippen molar-refractivity contribution in [3.05, 3.63) is 29.6 Å². The lowest BCUT2D eigenvalue weighted by molar-refractivity contribution is 0.0722. The molecule has 1 fully saturated rings. The zero-order valence-corrected chi connectivity index (χ0v) is 12.7. The molecule has 1 aliphatic heterocycles. The molecule has 1 amide bonds. The van der Waals surface area contributed by atoms with Crippen molar-refractivity contribution < 1.29 is 13.9 Å². The maximum Gasteiger partial charge on any atom is 0.256 e. The lowest BCUT2D eigenvalue weighted by Crippen LogP contribution is -2.39. The Morgan fingerprint density at radius 3 is 2.71 bits per heavy atom. The third-order valence-electron chi connectivity index (χ3n) is 4.01. The van der Waals surface area contributed by atoms with Gasteiger partial charge in [-0.05, 0) is 50.9 Å². The minimum Gasteiger partial charge on any atom is -0.497 e. The Hall–Kier alpha value is -1.62. The number of halogens is 1. The van der Waals surface area contributed by atoms with E-state index in [1.54, 1.807) is 11.0 Å². The highest BCUT2D eigenvalue weighted by atomic mass is 19.1. The number of methoxy groups -OCH3 is 1. The molecule has 0 spiro atoms. The highest BCUT2D eigenvalue weighted by Crippen LogP contribution is 2.20. The van der Waals surface area contributed by atoms with Crippen LogP contribution in [-0.2, 0) is 0 Å². The number of nitrogens with zero attached hydrogens (tertiary/aromatic N) is 1. The van der Waals surface area contributed by atoms with Crippen molar-refractivity contribution in [1.29, 1.82) is 0 Å². The SMILES string of the molecule is CCN(CC1CCNCC1)C(=O)c1ccc(OC)cc1F. The van der Waals surface area contributed by atoms with Crippen molar-refractivity contribution in [2.75, 3.05) is 33.3 Å². The van der Waals surface area contributed by atoms with Gasteiger partial charge in [0, 0.05) is 19.2 Å². The lowest BCUT2D eigenvalue weighted by Gasteiger charge is -2.29. The second kappa shape index (κ2) is 7.41. The standard InChI is InChI=1S/C16H23FN2O2/c1-3-19(11-12-6-8-18-9-7-12)16(20)14-5-4-13(21-2)10-15(14)17/h4-5,10,12,18H,3,6-9,11H2,1-2H3. The molecule has 116 valence electrons. The Morgan fingerprint density at radius 2 is 2.14 bits per heavy atom. The molecule has 1 saturated heterocycles. The van der Waals surface area contributed by atoms with Crippen molar-refractivity contribution in [3.63, 3.8) is 0 Å². The number of carbonyl (C=O) groups is 1. The van der Waals surface area contributed by atoms with Gasteiger partial charge in [-0.1, -0.05) is 0 Å². The summed E-state index contributed by atoms with van der Waals surface area (Å²) in [5.41, 5.74) is 0.117. The Kier molecular flexibility index (Phi) is 5.56. The molecule has 1 aliphatic rings. The fourth-order valence-corrected chi connectivity index (χ4v) is 2.70. The summed E-state index contributed by atoms with van der Waals surface area (Å²) in [4.78, 5) is 14.2. The molecule has 1 heterocycles. The number of nitrogens with one attached hydrogen (secondary N) is 1. The molecule has 0 radical (unpaired) electrons. The van der Waals surface area contributed by atoms with E-state index in [1.165, 1.54) is 19.2 Å². The Bertz CT molecular complexity index is 487. The molecule has 1 N–H and O–H groups in total. The summed E-state index contributed by atoms with van der Waals surface area (Å²) in [6.45, 7) is 5.21. The second-order valence-corrected chi connectivity index (χ2v) is 5.38. The second-order valence-electron chi connectivity index (χ2n) is 5.38. The lowest BCUT2D eigenvalue weighted by atomic mass is 9.97. The molecule has 2 rings (SSSR count). The van der Waals surface area contributed by atoms with Crippen LogP contribution in [0.25, 0.3) is 0 Å². The van der Waals surface area contributed by atoms with Crippen molar-refractivity contribution >= 4 is 5.91 Å². The largest absolute Gasteiger partial charge is 0.497 e. The minimum atomic E-state index is -0.525. The van der Waals surface area contributed by atoms with Gasteiger partial charge in [0.05, 0.1) is 12.7 Å². The van der Waals surface area contributed by atoms with E-state index in [0.29, 0.717) is 24.8 Å². The van der Waals surface area contributed by atoms with E-state index in [2.05, 4.69) is 5.32 Å². The number of piperidine rings is 1. The molecule has 0 saturated carbocycles. The van der Waals surface area contributed by atoms with Crippen molar-refractivity contribution in [3.8, 4) is 5.75 Å². The Morgan fingerprint density at radius 1 is 1.43 bits per heavy atom. The normalized spacial score (nSPS) is 15.8. The van der Waals surface area contributed by atoms with Crippen LogP contribution < -0.4 is 10.1 Å². The van der Waals surface area contributed by atoms with E-state index in [4.69, 9.17) is 4.74 Å². The van der Waals surface area contributed by atoms with Crippen LogP contribution in [0.4, 0.5) is 4.39 Å². The topological polar surface area (TPSA) is 41.6 Å². The molecule has 21 heavy (non-hydrogen) atoms. The number of hydrogen-bond acceptors (Lipinski definition) is 3. The third-order valence-corrected chi connectivity index (χ3v) is 4.01. The summed E-state index contributed by atoms with van der Waals surface area (Å²) in [5.74, 6) is 0.154. The summed E-state index contributed by atoms with van der Waals surface area (Å²) >= 11 is 0. The van der Waals surface area contributed by atoms with Gasteiger partial charge < -0.3 is 15.0 Å². The van der Waals surface area contributed by atoms with Crippen molar-refractivity contribution in [2.24, 2.45) is 5.92 Å². The fraction of sp³-hybridized carbons (Fsp3) is 0.562. The van der Waals surface area contributed by atoms with Gasteiger partial charge >= 0.3 is 0 Å². The number of amides is 1. The molecule has 0 atom stereocenters. The highest BCUT2D eigenvalue weighted by Gasteiger charge is 2.22. The molecule has 4 nitrogen and oxygen atoms in total. The number of benzene rings is 1. The van der Waals surface area contributed by atoms with Gasteiger partial charge in [0.1, 0.15) is 11.6 Å². The van der Waals surface area contributed by atoms with Crippen LogP contribution in [0.2, 0.25) is 0 Å². The molecule has 1 aromatic carbocycles. The summed E-state index contributed by atoms with van der Waals surface area (Å²) < 4.78 is 19.0. The monoisotopic (exact) mass is 294 g/mol. The number of carbonyl (C=O) groups excluding carboxylic acids is 1. The van der Waals surface area contributed by atoms with Gasteiger partial charge in [0.2, 0.25) is 0 Å². The number of hydrogen-bond donors (Lipinski definition) is 1. The molecule has 0 aromatic heterocycles. The maximum absolute atomic E-state index is 14.0. The van der Waals surface area contributed by atoms with Gasteiger partial charge in [-0.15, -0.1) is 0 Å². The maximum atomic E-state index is 14.0. The van der Waals surface area contributed by atoms with Crippen LogP contribution in [0, 0.1) is 11.7 Å². The van der Waals surface area contributed by atoms with Crippen LogP contribution in [-0.4, -0.2) is 44.1 Å². The van der Waals surface area contributed by atoms with Crippen molar-refractivity contribution in [1.82, 2.24) is 10.2 Å². The molecular formula is C16H23FN2O2. The fourth-order valence-electron chi connectivity index (χ4n) is 2.70.